The topological polar surface area (TPSA) is 38.0 Å². The van der Waals surface area contributed by atoms with Crippen LogP contribution in [0.5, 0.6) is 0 Å². The van der Waals surface area contributed by atoms with Gasteiger partial charge in [0.15, 0.2) is 0 Å². The molecule has 1 aromatic carbocycles. The summed E-state index contributed by atoms with van der Waals surface area (Å²) >= 11 is 0. The molecule has 1 fully saturated rings. The highest BCUT2D eigenvalue weighted by atomic mass is 14.9. The first-order chi connectivity index (χ1) is 8.38. The van der Waals surface area contributed by atoms with Gasteiger partial charge in [0.25, 0.3) is 0 Å². The minimum Gasteiger partial charge on any atom is -0.326 e. The van der Waals surface area contributed by atoms with Crippen molar-refractivity contribution in [2.75, 3.05) is 6.54 Å². The van der Waals surface area contributed by atoms with Crippen molar-refractivity contribution in [3.05, 3.63) is 35.4 Å². The Hall–Kier alpha value is -0.860. The highest BCUT2D eigenvalue weighted by Gasteiger charge is 2.12. The predicted molar refractivity (Wildman–Crippen MR) is 72.6 cm³/mol. The minimum atomic E-state index is 0.635. The molecule has 0 unspecified atom stereocenters. The molecule has 2 heteroatoms. The van der Waals surface area contributed by atoms with Crippen LogP contribution in [0.3, 0.4) is 0 Å². The zero-order valence-electron chi connectivity index (χ0n) is 10.6. The lowest BCUT2D eigenvalue weighted by Crippen LogP contribution is -2.24. The molecular formula is C15H24N2. The number of rotatable bonds is 5. The number of hydrogen-bond acceptors (Lipinski definition) is 2. The lowest BCUT2D eigenvalue weighted by Gasteiger charge is -2.21. The van der Waals surface area contributed by atoms with E-state index in [2.05, 4.69) is 29.6 Å². The molecule has 1 aromatic rings. The molecule has 0 radical (unpaired) electrons. The molecule has 0 saturated heterocycles. The summed E-state index contributed by atoms with van der Waals surface area (Å²) in [5.41, 5.74) is 8.22. The number of nitrogens with one attached hydrogen (secondary N) is 1. The highest BCUT2D eigenvalue weighted by Crippen LogP contribution is 2.22. The summed E-state index contributed by atoms with van der Waals surface area (Å²) in [5, 5.41) is 3.58. The van der Waals surface area contributed by atoms with Gasteiger partial charge in [0.05, 0.1) is 0 Å². The van der Waals surface area contributed by atoms with Crippen molar-refractivity contribution in [3.63, 3.8) is 0 Å². The number of benzene rings is 1. The van der Waals surface area contributed by atoms with Crippen molar-refractivity contribution < 1.29 is 0 Å². The second kappa shape index (κ2) is 6.77. The van der Waals surface area contributed by atoms with Crippen molar-refractivity contribution in [2.24, 2.45) is 11.7 Å². The summed E-state index contributed by atoms with van der Waals surface area (Å²) in [7, 11) is 0. The summed E-state index contributed by atoms with van der Waals surface area (Å²) in [6, 6.07) is 8.56. The fourth-order valence-corrected chi connectivity index (χ4v) is 2.68. The molecule has 0 aliphatic heterocycles. The number of nitrogens with two attached hydrogens (primary N) is 1. The van der Waals surface area contributed by atoms with Crippen molar-refractivity contribution in [3.8, 4) is 0 Å². The van der Waals surface area contributed by atoms with Crippen molar-refractivity contribution in [2.45, 2.75) is 45.2 Å². The Kier molecular flexibility index (Phi) is 5.02. The molecule has 0 amide bonds. The van der Waals surface area contributed by atoms with E-state index >= 15 is 0 Å². The van der Waals surface area contributed by atoms with E-state index < -0.39 is 0 Å². The Morgan fingerprint density at radius 2 is 1.88 bits per heavy atom. The third-order valence-electron chi connectivity index (χ3n) is 3.71. The largest absolute Gasteiger partial charge is 0.326 e. The summed E-state index contributed by atoms with van der Waals surface area (Å²) in [4.78, 5) is 0. The van der Waals surface area contributed by atoms with Crippen molar-refractivity contribution in [1.29, 1.82) is 0 Å². The fourth-order valence-electron chi connectivity index (χ4n) is 2.68. The lowest BCUT2D eigenvalue weighted by atomic mass is 9.89. The van der Waals surface area contributed by atoms with Crippen LogP contribution in [0.1, 0.15) is 43.2 Å². The maximum atomic E-state index is 5.64. The fraction of sp³-hybridized carbons (Fsp3) is 0.600. The second-order valence-corrected chi connectivity index (χ2v) is 5.16. The zero-order chi connectivity index (χ0) is 11.9. The van der Waals surface area contributed by atoms with Crippen LogP contribution in [0.25, 0.3) is 0 Å². The van der Waals surface area contributed by atoms with E-state index in [1.807, 2.05) is 0 Å². The van der Waals surface area contributed by atoms with E-state index in [0.717, 1.165) is 12.5 Å². The van der Waals surface area contributed by atoms with Crippen LogP contribution >= 0.6 is 0 Å². The minimum absolute atomic E-state index is 0.635. The molecule has 2 rings (SSSR count). The van der Waals surface area contributed by atoms with Gasteiger partial charge in [0.1, 0.15) is 0 Å². The molecule has 1 aliphatic carbocycles. The summed E-state index contributed by atoms with van der Waals surface area (Å²) < 4.78 is 0. The monoisotopic (exact) mass is 232 g/mol. The van der Waals surface area contributed by atoms with Crippen molar-refractivity contribution >= 4 is 0 Å². The smallest absolute Gasteiger partial charge is 0.0205 e. The van der Waals surface area contributed by atoms with Gasteiger partial charge in [-0.15, -0.1) is 0 Å². The maximum absolute atomic E-state index is 5.64. The van der Waals surface area contributed by atoms with Gasteiger partial charge in [-0.3, -0.25) is 0 Å². The zero-order valence-corrected chi connectivity index (χ0v) is 10.6. The van der Waals surface area contributed by atoms with Crippen LogP contribution in [0.4, 0.5) is 0 Å². The molecule has 0 atom stereocenters. The van der Waals surface area contributed by atoms with Crippen LogP contribution < -0.4 is 11.1 Å². The first-order valence-corrected chi connectivity index (χ1v) is 6.87. The third kappa shape index (κ3) is 4.14. The van der Waals surface area contributed by atoms with Gasteiger partial charge in [-0.05, 0) is 36.4 Å². The molecule has 94 valence electrons. The van der Waals surface area contributed by atoms with Gasteiger partial charge in [0.2, 0.25) is 0 Å². The predicted octanol–water partition coefficient (Wildman–Crippen LogP) is 2.82. The average Bonchev–Trinajstić information content (AvgIpc) is 2.40. The maximum Gasteiger partial charge on any atom is 0.0205 e. The van der Waals surface area contributed by atoms with Crippen LogP contribution in [0.2, 0.25) is 0 Å². The molecule has 1 saturated carbocycles. The van der Waals surface area contributed by atoms with Crippen LogP contribution in [-0.2, 0) is 13.1 Å². The van der Waals surface area contributed by atoms with E-state index in [-0.39, 0.29) is 0 Å². The molecule has 17 heavy (non-hydrogen) atoms. The quantitative estimate of drug-likeness (QED) is 0.819. The number of hydrogen-bond donors (Lipinski definition) is 2. The normalized spacial score (nSPS) is 17.2. The lowest BCUT2D eigenvalue weighted by molar-refractivity contribution is 0.342. The molecule has 0 bridgehead atoms. The molecule has 3 N–H and O–H groups in total. The SMILES string of the molecule is NCc1cccc(CNCC2CCCCC2)c1. The Labute approximate surface area is 105 Å². The summed E-state index contributed by atoms with van der Waals surface area (Å²) in [6.07, 6.45) is 7.12. The highest BCUT2D eigenvalue weighted by molar-refractivity contribution is 5.23. The van der Waals surface area contributed by atoms with E-state index in [4.69, 9.17) is 5.73 Å². The molecular weight excluding hydrogens is 208 g/mol. The molecule has 0 spiro atoms. The van der Waals surface area contributed by atoms with E-state index in [9.17, 15) is 0 Å². The average molecular weight is 232 g/mol. The van der Waals surface area contributed by atoms with E-state index in [1.165, 1.54) is 49.8 Å². The first kappa shape index (κ1) is 12.6. The Morgan fingerprint density at radius 3 is 2.65 bits per heavy atom. The summed E-state index contributed by atoms with van der Waals surface area (Å²) in [5.74, 6) is 0.904. The first-order valence-electron chi connectivity index (χ1n) is 6.87. The van der Waals surface area contributed by atoms with Gasteiger partial charge in [0, 0.05) is 13.1 Å². The van der Waals surface area contributed by atoms with E-state index in [0.29, 0.717) is 6.54 Å². The second-order valence-electron chi connectivity index (χ2n) is 5.16. The van der Waals surface area contributed by atoms with Gasteiger partial charge in [-0.2, -0.15) is 0 Å². The Balaban J connectivity index is 1.73. The molecule has 0 aromatic heterocycles. The van der Waals surface area contributed by atoms with Gasteiger partial charge >= 0.3 is 0 Å². The third-order valence-corrected chi connectivity index (χ3v) is 3.71. The summed E-state index contributed by atoms with van der Waals surface area (Å²) in [6.45, 7) is 2.79. The van der Waals surface area contributed by atoms with Gasteiger partial charge < -0.3 is 11.1 Å². The molecule has 2 nitrogen and oxygen atoms in total. The Morgan fingerprint density at radius 1 is 1.12 bits per heavy atom. The van der Waals surface area contributed by atoms with Gasteiger partial charge in [-0.1, -0.05) is 43.5 Å². The standard InChI is InChI=1S/C15H24N2/c16-10-14-7-4-8-15(9-14)12-17-11-13-5-2-1-3-6-13/h4,7-9,13,17H,1-3,5-6,10-12,16H2. The van der Waals surface area contributed by atoms with Gasteiger partial charge in [-0.25, -0.2) is 0 Å². The van der Waals surface area contributed by atoms with Crippen molar-refractivity contribution in [1.82, 2.24) is 5.32 Å². The van der Waals surface area contributed by atoms with Crippen LogP contribution in [0, 0.1) is 5.92 Å². The Bertz CT molecular complexity index is 329. The molecule has 0 heterocycles. The van der Waals surface area contributed by atoms with Crippen LogP contribution in [0.15, 0.2) is 24.3 Å². The van der Waals surface area contributed by atoms with E-state index in [1.54, 1.807) is 0 Å². The van der Waals surface area contributed by atoms with Crippen LogP contribution in [-0.4, -0.2) is 6.54 Å². The molecule has 1 aliphatic rings.